The fourth-order valence-electron chi connectivity index (χ4n) is 1.05. The molecule has 0 aliphatic heterocycles. The molecule has 0 saturated carbocycles. The molecule has 86 valence electrons. The maximum atomic E-state index is 13.1. The summed E-state index contributed by atoms with van der Waals surface area (Å²) in [4.78, 5) is 10.9. The molecule has 0 bridgehead atoms. The number of ether oxygens (including phenoxy) is 1. The Hall–Kier alpha value is -1.78. The van der Waals surface area contributed by atoms with Crippen LogP contribution in [0.4, 0.5) is 13.2 Å². The van der Waals surface area contributed by atoms with Crippen molar-refractivity contribution in [3.63, 3.8) is 0 Å². The predicted molar refractivity (Wildman–Crippen MR) is 52.0 cm³/mol. The van der Waals surface area contributed by atoms with E-state index in [0.29, 0.717) is 6.07 Å². The SMILES string of the molecule is CCOC(=O)/C=C/c1cc(F)cc(F)c1F. The molecule has 0 heterocycles. The molecule has 1 rings (SSSR count). The van der Waals surface area contributed by atoms with Gasteiger partial charge in [0.25, 0.3) is 0 Å². The maximum Gasteiger partial charge on any atom is 0.330 e. The molecule has 0 aliphatic carbocycles. The van der Waals surface area contributed by atoms with Gasteiger partial charge in [-0.15, -0.1) is 0 Å². The van der Waals surface area contributed by atoms with E-state index in [0.717, 1.165) is 18.2 Å². The lowest BCUT2D eigenvalue weighted by atomic mass is 10.2. The quantitative estimate of drug-likeness (QED) is 0.453. The first-order valence-electron chi connectivity index (χ1n) is 4.54. The van der Waals surface area contributed by atoms with Crippen LogP contribution in [0, 0.1) is 17.5 Å². The van der Waals surface area contributed by atoms with E-state index in [9.17, 15) is 18.0 Å². The van der Waals surface area contributed by atoms with E-state index in [1.807, 2.05) is 0 Å². The fraction of sp³-hybridized carbons (Fsp3) is 0.182. The smallest absolute Gasteiger partial charge is 0.330 e. The average Bonchev–Trinajstić information content (AvgIpc) is 2.21. The van der Waals surface area contributed by atoms with Crippen molar-refractivity contribution in [2.45, 2.75) is 6.92 Å². The van der Waals surface area contributed by atoms with Crippen molar-refractivity contribution in [3.05, 3.63) is 41.2 Å². The van der Waals surface area contributed by atoms with Gasteiger partial charge in [-0.3, -0.25) is 0 Å². The molecule has 0 amide bonds. The Morgan fingerprint density at radius 1 is 1.38 bits per heavy atom. The minimum Gasteiger partial charge on any atom is -0.463 e. The van der Waals surface area contributed by atoms with Crippen LogP contribution in [-0.2, 0) is 9.53 Å². The third kappa shape index (κ3) is 3.12. The average molecular weight is 230 g/mol. The number of carbonyl (C=O) groups excluding carboxylic acids is 1. The molecule has 5 heteroatoms. The van der Waals surface area contributed by atoms with Gasteiger partial charge in [0.1, 0.15) is 5.82 Å². The Labute approximate surface area is 90.3 Å². The van der Waals surface area contributed by atoms with Gasteiger partial charge in [0.2, 0.25) is 0 Å². The van der Waals surface area contributed by atoms with E-state index in [2.05, 4.69) is 4.74 Å². The van der Waals surface area contributed by atoms with E-state index in [1.54, 1.807) is 6.92 Å². The second-order valence-electron chi connectivity index (χ2n) is 2.88. The third-order valence-electron chi connectivity index (χ3n) is 1.71. The first-order valence-corrected chi connectivity index (χ1v) is 4.54. The first-order chi connectivity index (χ1) is 7.54. The van der Waals surface area contributed by atoms with Gasteiger partial charge in [-0.25, -0.2) is 18.0 Å². The number of rotatable bonds is 3. The molecule has 0 saturated heterocycles. The summed E-state index contributed by atoms with van der Waals surface area (Å²) in [5.41, 5.74) is -0.342. The van der Waals surface area contributed by atoms with Gasteiger partial charge in [0.15, 0.2) is 11.6 Å². The van der Waals surface area contributed by atoms with Crippen LogP contribution in [0.1, 0.15) is 12.5 Å². The van der Waals surface area contributed by atoms with Crippen LogP contribution in [0.3, 0.4) is 0 Å². The molecular formula is C11H9F3O2. The molecule has 1 aromatic rings. The van der Waals surface area contributed by atoms with E-state index >= 15 is 0 Å². The van der Waals surface area contributed by atoms with Crippen molar-refractivity contribution in [1.82, 2.24) is 0 Å². The lowest BCUT2D eigenvalue weighted by Gasteiger charge is -1.99. The van der Waals surface area contributed by atoms with Gasteiger partial charge in [0.05, 0.1) is 6.61 Å². The molecule has 0 radical (unpaired) electrons. The predicted octanol–water partition coefficient (Wildman–Crippen LogP) is 2.68. The van der Waals surface area contributed by atoms with Crippen molar-refractivity contribution >= 4 is 12.0 Å². The van der Waals surface area contributed by atoms with Gasteiger partial charge in [0, 0.05) is 17.7 Å². The molecule has 0 atom stereocenters. The highest BCUT2D eigenvalue weighted by atomic mass is 19.2. The van der Waals surface area contributed by atoms with Crippen LogP contribution in [0.25, 0.3) is 6.08 Å². The van der Waals surface area contributed by atoms with Crippen LogP contribution < -0.4 is 0 Å². The maximum absolute atomic E-state index is 13.1. The fourth-order valence-corrected chi connectivity index (χ4v) is 1.05. The summed E-state index contributed by atoms with van der Waals surface area (Å²) in [6.07, 6.45) is 1.86. The second-order valence-corrected chi connectivity index (χ2v) is 2.88. The molecule has 0 fully saturated rings. The monoisotopic (exact) mass is 230 g/mol. The summed E-state index contributed by atoms with van der Waals surface area (Å²) in [7, 11) is 0. The minimum absolute atomic E-state index is 0.170. The van der Waals surface area contributed by atoms with Crippen LogP contribution in [-0.4, -0.2) is 12.6 Å². The summed E-state index contributed by atoms with van der Waals surface area (Å²) < 4.78 is 43.1. The van der Waals surface area contributed by atoms with Crippen molar-refractivity contribution in [1.29, 1.82) is 0 Å². The van der Waals surface area contributed by atoms with E-state index in [-0.39, 0.29) is 12.2 Å². The molecule has 0 N–H and O–H groups in total. The number of benzene rings is 1. The number of hydrogen-bond donors (Lipinski definition) is 0. The van der Waals surface area contributed by atoms with Gasteiger partial charge < -0.3 is 4.74 Å². The molecule has 1 aromatic carbocycles. The van der Waals surface area contributed by atoms with Gasteiger partial charge >= 0.3 is 5.97 Å². The molecule has 16 heavy (non-hydrogen) atoms. The number of esters is 1. The second kappa shape index (κ2) is 5.34. The van der Waals surface area contributed by atoms with E-state index in [4.69, 9.17) is 0 Å². The summed E-state index contributed by atoms with van der Waals surface area (Å²) in [5.74, 6) is -4.13. The molecule has 0 aliphatic rings. The Morgan fingerprint density at radius 2 is 2.06 bits per heavy atom. The zero-order valence-corrected chi connectivity index (χ0v) is 8.47. The van der Waals surface area contributed by atoms with Crippen molar-refractivity contribution in [2.24, 2.45) is 0 Å². The van der Waals surface area contributed by atoms with Crippen molar-refractivity contribution in [3.8, 4) is 0 Å². The molecule has 2 nitrogen and oxygen atoms in total. The molecular weight excluding hydrogens is 221 g/mol. The van der Waals surface area contributed by atoms with Gasteiger partial charge in [-0.1, -0.05) is 0 Å². The van der Waals surface area contributed by atoms with Crippen LogP contribution in [0.5, 0.6) is 0 Å². The number of carbonyl (C=O) groups is 1. The third-order valence-corrected chi connectivity index (χ3v) is 1.71. The largest absolute Gasteiger partial charge is 0.463 e. The standard InChI is InChI=1S/C11H9F3O2/c1-2-16-10(15)4-3-7-5-8(12)6-9(13)11(7)14/h3-6H,2H2,1H3/b4-3+. The Bertz CT molecular complexity index is 427. The first kappa shape index (κ1) is 12.3. The normalized spacial score (nSPS) is 10.8. The zero-order chi connectivity index (χ0) is 12.1. The summed E-state index contributed by atoms with van der Waals surface area (Å²) >= 11 is 0. The van der Waals surface area contributed by atoms with Crippen LogP contribution in [0.15, 0.2) is 18.2 Å². The highest BCUT2D eigenvalue weighted by Crippen LogP contribution is 2.15. The lowest BCUT2D eigenvalue weighted by molar-refractivity contribution is -0.137. The Balaban J connectivity index is 2.93. The topological polar surface area (TPSA) is 26.3 Å². The van der Waals surface area contributed by atoms with E-state index in [1.165, 1.54) is 0 Å². The summed E-state index contributed by atoms with van der Waals surface area (Å²) in [6, 6.07) is 1.21. The van der Waals surface area contributed by atoms with Crippen molar-refractivity contribution in [2.75, 3.05) is 6.61 Å². The highest BCUT2D eigenvalue weighted by Gasteiger charge is 2.08. The molecule has 0 unspecified atom stereocenters. The van der Waals surface area contributed by atoms with Crippen LogP contribution >= 0.6 is 0 Å². The molecule has 0 spiro atoms. The Kier molecular flexibility index (Phi) is 4.10. The van der Waals surface area contributed by atoms with Crippen LogP contribution in [0.2, 0.25) is 0 Å². The number of hydrogen-bond acceptors (Lipinski definition) is 2. The lowest BCUT2D eigenvalue weighted by Crippen LogP contribution is -1.99. The highest BCUT2D eigenvalue weighted by molar-refractivity contribution is 5.87. The number of halogens is 3. The Morgan fingerprint density at radius 3 is 2.69 bits per heavy atom. The van der Waals surface area contributed by atoms with Gasteiger partial charge in [-0.2, -0.15) is 0 Å². The summed E-state index contributed by atoms with van der Waals surface area (Å²) in [6.45, 7) is 1.78. The zero-order valence-electron chi connectivity index (χ0n) is 8.47. The van der Waals surface area contributed by atoms with Crippen molar-refractivity contribution < 1.29 is 22.7 Å². The summed E-state index contributed by atoms with van der Waals surface area (Å²) in [5, 5.41) is 0. The minimum atomic E-state index is -1.30. The van der Waals surface area contributed by atoms with Gasteiger partial charge in [-0.05, 0) is 19.1 Å². The van der Waals surface area contributed by atoms with E-state index < -0.39 is 23.4 Å². The molecule has 0 aromatic heterocycles.